The Bertz CT molecular complexity index is 341. The maximum absolute atomic E-state index is 5.93. The molecule has 0 saturated heterocycles. The number of aryl methyl sites for hydroxylation is 1. The standard InChI is InChI=1S/C14H22ClNO/c1-4-5-12(3)16-8-9-17-14-10-13(15)7-6-11(14)2/h6-7,10,12,16H,4-5,8-9H2,1-3H3. The van der Waals surface area contributed by atoms with Crippen molar-refractivity contribution in [3.8, 4) is 5.75 Å². The molecule has 0 fully saturated rings. The van der Waals surface area contributed by atoms with Gasteiger partial charge in [0.1, 0.15) is 12.4 Å². The molecule has 1 aromatic rings. The van der Waals surface area contributed by atoms with E-state index in [1.165, 1.54) is 12.8 Å². The van der Waals surface area contributed by atoms with Crippen LogP contribution in [0.1, 0.15) is 32.3 Å². The average Bonchev–Trinajstić information content (AvgIpc) is 2.29. The van der Waals surface area contributed by atoms with E-state index in [9.17, 15) is 0 Å². The second kappa shape index (κ2) is 7.57. The quantitative estimate of drug-likeness (QED) is 0.749. The summed E-state index contributed by atoms with van der Waals surface area (Å²) in [4.78, 5) is 0. The zero-order valence-corrected chi connectivity index (χ0v) is 11.7. The summed E-state index contributed by atoms with van der Waals surface area (Å²) in [6.45, 7) is 7.97. The molecule has 0 amide bonds. The van der Waals surface area contributed by atoms with Gasteiger partial charge in [0.25, 0.3) is 0 Å². The number of benzene rings is 1. The van der Waals surface area contributed by atoms with Crippen molar-refractivity contribution in [1.82, 2.24) is 5.32 Å². The summed E-state index contributed by atoms with van der Waals surface area (Å²) in [5, 5.41) is 4.15. The predicted octanol–water partition coefficient (Wildman–Crippen LogP) is 3.81. The van der Waals surface area contributed by atoms with Crippen molar-refractivity contribution in [3.63, 3.8) is 0 Å². The van der Waals surface area contributed by atoms with Crippen LogP contribution in [0.5, 0.6) is 5.75 Å². The summed E-state index contributed by atoms with van der Waals surface area (Å²) in [5.41, 5.74) is 1.12. The molecule has 96 valence electrons. The molecular formula is C14H22ClNO. The van der Waals surface area contributed by atoms with Gasteiger partial charge in [0.05, 0.1) is 0 Å². The third kappa shape index (κ3) is 5.42. The van der Waals surface area contributed by atoms with Crippen LogP contribution < -0.4 is 10.1 Å². The Balaban J connectivity index is 2.28. The van der Waals surface area contributed by atoms with Gasteiger partial charge in [-0.3, -0.25) is 0 Å². The number of hydrogen-bond acceptors (Lipinski definition) is 2. The Morgan fingerprint density at radius 1 is 1.41 bits per heavy atom. The van der Waals surface area contributed by atoms with Gasteiger partial charge in [-0.15, -0.1) is 0 Å². The first-order valence-electron chi connectivity index (χ1n) is 6.25. The smallest absolute Gasteiger partial charge is 0.123 e. The largest absolute Gasteiger partial charge is 0.492 e. The fourth-order valence-corrected chi connectivity index (χ4v) is 1.89. The van der Waals surface area contributed by atoms with Gasteiger partial charge in [-0.05, 0) is 38.0 Å². The molecule has 0 aliphatic carbocycles. The third-order valence-corrected chi connectivity index (χ3v) is 2.96. The highest BCUT2D eigenvalue weighted by Crippen LogP contribution is 2.22. The van der Waals surface area contributed by atoms with E-state index >= 15 is 0 Å². The van der Waals surface area contributed by atoms with Crippen molar-refractivity contribution in [2.45, 2.75) is 39.7 Å². The first-order chi connectivity index (χ1) is 8.13. The Kier molecular flexibility index (Phi) is 6.38. The fraction of sp³-hybridized carbons (Fsp3) is 0.571. The summed E-state index contributed by atoms with van der Waals surface area (Å²) in [7, 11) is 0. The molecule has 0 heterocycles. The molecule has 1 aromatic carbocycles. The lowest BCUT2D eigenvalue weighted by molar-refractivity contribution is 0.303. The normalized spacial score (nSPS) is 12.5. The van der Waals surface area contributed by atoms with Crippen molar-refractivity contribution in [1.29, 1.82) is 0 Å². The molecular weight excluding hydrogens is 234 g/mol. The molecule has 1 atom stereocenters. The van der Waals surface area contributed by atoms with Crippen molar-refractivity contribution in [2.75, 3.05) is 13.2 Å². The minimum absolute atomic E-state index is 0.559. The maximum Gasteiger partial charge on any atom is 0.123 e. The topological polar surface area (TPSA) is 21.3 Å². The van der Waals surface area contributed by atoms with E-state index in [1.807, 2.05) is 25.1 Å². The maximum atomic E-state index is 5.93. The predicted molar refractivity (Wildman–Crippen MR) is 74.1 cm³/mol. The lowest BCUT2D eigenvalue weighted by atomic mass is 10.2. The van der Waals surface area contributed by atoms with Crippen LogP contribution in [0.25, 0.3) is 0 Å². The van der Waals surface area contributed by atoms with Crippen LogP contribution in [0.4, 0.5) is 0 Å². The van der Waals surface area contributed by atoms with Crippen molar-refractivity contribution in [3.05, 3.63) is 28.8 Å². The molecule has 1 N–H and O–H groups in total. The molecule has 1 unspecified atom stereocenters. The van der Waals surface area contributed by atoms with Crippen LogP contribution >= 0.6 is 11.6 Å². The summed E-state index contributed by atoms with van der Waals surface area (Å²) in [5.74, 6) is 0.877. The van der Waals surface area contributed by atoms with E-state index in [4.69, 9.17) is 16.3 Å². The van der Waals surface area contributed by atoms with Gasteiger partial charge >= 0.3 is 0 Å². The highest BCUT2D eigenvalue weighted by molar-refractivity contribution is 6.30. The number of rotatable bonds is 7. The van der Waals surface area contributed by atoms with Crippen molar-refractivity contribution < 1.29 is 4.74 Å². The van der Waals surface area contributed by atoms with Crippen LogP contribution in [0.2, 0.25) is 5.02 Å². The average molecular weight is 256 g/mol. The van der Waals surface area contributed by atoms with Gasteiger partial charge in [-0.2, -0.15) is 0 Å². The van der Waals surface area contributed by atoms with Crippen LogP contribution in [-0.2, 0) is 0 Å². The molecule has 17 heavy (non-hydrogen) atoms. The van der Waals surface area contributed by atoms with Gasteiger partial charge in [0.15, 0.2) is 0 Å². The zero-order chi connectivity index (χ0) is 12.7. The second-order valence-corrected chi connectivity index (χ2v) is 4.84. The minimum atomic E-state index is 0.559. The first-order valence-corrected chi connectivity index (χ1v) is 6.63. The van der Waals surface area contributed by atoms with E-state index < -0.39 is 0 Å². The minimum Gasteiger partial charge on any atom is -0.492 e. The Hall–Kier alpha value is -0.730. The van der Waals surface area contributed by atoms with Gasteiger partial charge in [0.2, 0.25) is 0 Å². The van der Waals surface area contributed by atoms with Crippen LogP contribution in [0.15, 0.2) is 18.2 Å². The lowest BCUT2D eigenvalue weighted by Crippen LogP contribution is -2.30. The van der Waals surface area contributed by atoms with Crippen LogP contribution in [0, 0.1) is 6.92 Å². The molecule has 1 rings (SSSR count). The monoisotopic (exact) mass is 255 g/mol. The van der Waals surface area contributed by atoms with Crippen molar-refractivity contribution in [2.24, 2.45) is 0 Å². The van der Waals surface area contributed by atoms with Gasteiger partial charge < -0.3 is 10.1 Å². The summed E-state index contributed by atoms with van der Waals surface area (Å²) in [6.07, 6.45) is 2.42. The second-order valence-electron chi connectivity index (χ2n) is 4.40. The Labute approximate surface area is 109 Å². The highest BCUT2D eigenvalue weighted by Gasteiger charge is 2.02. The van der Waals surface area contributed by atoms with Crippen LogP contribution in [-0.4, -0.2) is 19.2 Å². The third-order valence-electron chi connectivity index (χ3n) is 2.72. The highest BCUT2D eigenvalue weighted by atomic mass is 35.5. The molecule has 0 radical (unpaired) electrons. The Morgan fingerprint density at radius 3 is 2.88 bits per heavy atom. The molecule has 3 heteroatoms. The number of halogens is 1. The molecule has 0 bridgehead atoms. The molecule has 0 aliphatic rings. The Morgan fingerprint density at radius 2 is 2.18 bits per heavy atom. The summed E-state index contributed by atoms with van der Waals surface area (Å²) >= 11 is 5.93. The number of nitrogens with one attached hydrogen (secondary N) is 1. The molecule has 0 aliphatic heterocycles. The van der Waals surface area contributed by atoms with Gasteiger partial charge in [-0.25, -0.2) is 0 Å². The lowest BCUT2D eigenvalue weighted by Gasteiger charge is -2.14. The summed E-state index contributed by atoms with van der Waals surface area (Å²) < 4.78 is 5.70. The van der Waals surface area contributed by atoms with Gasteiger partial charge in [0, 0.05) is 17.6 Å². The zero-order valence-electron chi connectivity index (χ0n) is 10.9. The van der Waals surface area contributed by atoms with E-state index in [-0.39, 0.29) is 0 Å². The molecule has 0 saturated carbocycles. The summed E-state index contributed by atoms with van der Waals surface area (Å²) in [6, 6.07) is 6.28. The van der Waals surface area contributed by atoms with E-state index in [0.29, 0.717) is 12.6 Å². The van der Waals surface area contributed by atoms with Gasteiger partial charge in [-0.1, -0.05) is 31.0 Å². The SMILES string of the molecule is CCCC(C)NCCOc1cc(Cl)ccc1C. The number of hydrogen-bond donors (Lipinski definition) is 1. The first kappa shape index (κ1) is 14.3. The van der Waals surface area contributed by atoms with E-state index in [1.54, 1.807) is 0 Å². The molecule has 0 aromatic heterocycles. The van der Waals surface area contributed by atoms with Crippen LogP contribution in [0.3, 0.4) is 0 Å². The fourth-order valence-electron chi connectivity index (χ4n) is 1.73. The molecule has 0 spiro atoms. The van der Waals surface area contributed by atoms with E-state index in [2.05, 4.69) is 19.2 Å². The number of ether oxygens (including phenoxy) is 1. The molecule has 2 nitrogen and oxygen atoms in total. The van der Waals surface area contributed by atoms with Crippen molar-refractivity contribution >= 4 is 11.6 Å². The van der Waals surface area contributed by atoms with E-state index in [0.717, 1.165) is 22.9 Å².